The molecule has 3 nitrogen and oxygen atoms in total. The Balaban J connectivity index is 2.69. The minimum Gasteiger partial charge on any atom is -0.493 e. The first-order chi connectivity index (χ1) is 9.60. The van der Waals surface area contributed by atoms with Crippen LogP contribution in [0, 0.1) is 5.82 Å². The summed E-state index contributed by atoms with van der Waals surface area (Å²) in [5.74, 6) is 0.756. The molecule has 2 aromatic rings. The second-order valence-electron chi connectivity index (χ2n) is 4.19. The van der Waals surface area contributed by atoms with Crippen LogP contribution in [-0.4, -0.2) is 14.2 Å². The highest BCUT2D eigenvalue weighted by molar-refractivity contribution is 6.33. The van der Waals surface area contributed by atoms with Gasteiger partial charge in [0.25, 0.3) is 0 Å². The molecule has 0 unspecified atom stereocenters. The molecule has 2 rings (SSSR count). The van der Waals surface area contributed by atoms with Crippen molar-refractivity contribution in [2.24, 2.45) is 5.73 Å². The number of hydrogen-bond acceptors (Lipinski definition) is 3. The fourth-order valence-corrected chi connectivity index (χ4v) is 2.26. The molecule has 0 aliphatic heterocycles. The summed E-state index contributed by atoms with van der Waals surface area (Å²) in [6.07, 6.45) is 0. The van der Waals surface area contributed by atoms with Gasteiger partial charge in [-0.1, -0.05) is 11.6 Å². The molecule has 5 heteroatoms. The molecule has 0 amide bonds. The van der Waals surface area contributed by atoms with Gasteiger partial charge in [-0.25, -0.2) is 4.39 Å². The Morgan fingerprint density at radius 1 is 1.05 bits per heavy atom. The minimum atomic E-state index is -0.359. The first kappa shape index (κ1) is 14.6. The summed E-state index contributed by atoms with van der Waals surface area (Å²) in [6.45, 7) is 0.280. The fourth-order valence-electron chi connectivity index (χ4n) is 2.04. The molecule has 0 saturated carbocycles. The quantitative estimate of drug-likeness (QED) is 0.937. The van der Waals surface area contributed by atoms with Crippen LogP contribution >= 0.6 is 11.6 Å². The van der Waals surface area contributed by atoms with Gasteiger partial charge in [-0.3, -0.25) is 0 Å². The van der Waals surface area contributed by atoms with Gasteiger partial charge in [-0.2, -0.15) is 0 Å². The van der Waals surface area contributed by atoms with E-state index in [1.165, 1.54) is 25.3 Å². The summed E-state index contributed by atoms with van der Waals surface area (Å²) in [5, 5.41) is 0.452. The zero-order chi connectivity index (χ0) is 14.7. The SMILES string of the molecule is COc1cc(CN)c(-c2cc(F)ccc2Cl)cc1OC. The second kappa shape index (κ2) is 6.11. The predicted molar refractivity (Wildman–Crippen MR) is 77.8 cm³/mol. The van der Waals surface area contributed by atoms with Gasteiger partial charge in [0.1, 0.15) is 5.82 Å². The topological polar surface area (TPSA) is 44.5 Å². The Bertz CT molecular complexity index is 632. The zero-order valence-electron chi connectivity index (χ0n) is 11.2. The van der Waals surface area contributed by atoms with Gasteiger partial charge in [-0.05, 0) is 41.5 Å². The standard InChI is InChI=1S/C15H15ClFNO2/c1-19-14-5-9(8-18)11(7-15(14)20-2)12-6-10(17)3-4-13(12)16/h3-7H,8,18H2,1-2H3. The molecule has 2 aromatic carbocycles. The molecule has 0 bridgehead atoms. The molecule has 0 radical (unpaired) electrons. The largest absolute Gasteiger partial charge is 0.493 e. The zero-order valence-corrected chi connectivity index (χ0v) is 12.0. The van der Waals surface area contributed by atoms with E-state index in [1.807, 2.05) is 0 Å². The number of methoxy groups -OCH3 is 2. The third-order valence-corrected chi connectivity index (χ3v) is 3.38. The highest BCUT2D eigenvalue weighted by atomic mass is 35.5. The Kier molecular flexibility index (Phi) is 4.47. The molecule has 0 saturated heterocycles. The van der Waals surface area contributed by atoms with E-state index in [1.54, 1.807) is 19.2 Å². The Labute approximate surface area is 122 Å². The summed E-state index contributed by atoms with van der Waals surface area (Å²) >= 11 is 6.15. The van der Waals surface area contributed by atoms with Gasteiger partial charge < -0.3 is 15.2 Å². The molecular formula is C15H15ClFNO2. The molecule has 2 N–H and O–H groups in total. The summed E-state index contributed by atoms with van der Waals surface area (Å²) in [6, 6.07) is 7.73. The van der Waals surface area contributed by atoms with E-state index < -0.39 is 0 Å². The van der Waals surface area contributed by atoms with Gasteiger partial charge >= 0.3 is 0 Å². The molecule has 0 aromatic heterocycles. The summed E-state index contributed by atoms with van der Waals surface area (Å²) in [5.41, 5.74) is 7.87. The van der Waals surface area contributed by atoms with Crippen LogP contribution in [0.5, 0.6) is 11.5 Å². The maximum absolute atomic E-state index is 13.5. The van der Waals surface area contributed by atoms with Gasteiger partial charge in [0.05, 0.1) is 14.2 Å². The summed E-state index contributed by atoms with van der Waals surface area (Å²) in [4.78, 5) is 0. The Hall–Kier alpha value is -1.78. The van der Waals surface area contributed by atoms with Crippen LogP contribution in [0.15, 0.2) is 30.3 Å². The van der Waals surface area contributed by atoms with E-state index in [0.29, 0.717) is 22.1 Å². The molecular weight excluding hydrogens is 281 g/mol. The van der Waals surface area contributed by atoms with Crippen LogP contribution in [0.25, 0.3) is 11.1 Å². The number of halogens is 2. The van der Waals surface area contributed by atoms with Crippen LogP contribution in [0.3, 0.4) is 0 Å². The third-order valence-electron chi connectivity index (χ3n) is 3.05. The maximum atomic E-state index is 13.5. The van der Waals surface area contributed by atoms with Crippen LogP contribution in [-0.2, 0) is 6.54 Å². The molecule has 0 heterocycles. The van der Waals surface area contributed by atoms with E-state index in [0.717, 1.165) is 11.1 Å². The average Bonchev–Trinajstić information content (AvgIpc) is 2.48. The molecule has 0 aliphatic carbocycles. The molecule has 0 fully saturated rings. The number of ether oxygens (including phenoxy) is 2. The summed E-state index contributed by atoms with van der Waals surface area (Å²) < 4.78 is 24.0. The first-order valence-electron chi connectivity index (χ1n) is 6.01. The monoisotopic (exact) mass is 295 g/mol. The van der Waals surface area contributed by atoms with Crippen molar-refractivity contribution in [3.63, 3.8) is 0 Å². The smallest absolute Gasteiger partial charge is 0.161 e. The van der Waals surface area contributed by atoms with Crippen molar-refractivity contribution in [1.29, 1.82) is 0 Å². The van der Waals surface area contributed by atoms with Crippen LogP contribution in [0.2, 0.25) is 5.02 Å². The maximum Gasteiger partial charge on any atom is 0.161 e. The second-order valence-corrected chi connectivity index (χ2v) is 4.60. The number of hydrogen-bond donors (Lipinski definition) is 1. The van der Waals surface area contributed by atoms with E-state index in [2.05, 4.69) is 0 Å². The van der Waals surface area contributed by atoms with Gasteiger partial charge in [0.15, 0.2) is 11.5 Å². The van der Waals surface area contributed by atoms with Crippen molar-refractivity contribution in [2.75, 3.05) is 14.2 Å². The third kappa shape index (κ3) is 2.71. The molecule has 0 aliphatic rings. The lowest BCUT2D eigenvalue weighted by molar-refractivity contribution is 0.354. The number of rotatable bonds is 4. The van der Waals surface area contributed by atoms with Crippen molar-refractivity contribution in [3.05, 3.63) is 46.7 Å². The normalized spacial score (nSPS) is 10.4. The van der Waals surface area contributed by atoms with E-state index in [4.69, 9.17) is 26.8 Å². The van der Waals surface area contributed by atoms with Gasteiger partial charge in [0.2, 0.25) is 0 Å². The van der Waals surface area contributed by atoms with Crippen molar-refractivity contribution in [1.82, 2.24) is 0 Å². The minimum absolute atomic E-state index is 0.280. The first-order valence-corrected chi connectivity index (χ1v) is 6.39. The summed E-state index contributed by atoms with van der Waals surface area (Å²) in [7, 11) is 3.09. The van der Waals surface area contributed by atoms with Crippen LogP contribution < -0.4 is 15.2 Å². The molecule has 0 spiro atoms. The predicted octanol–water partition coefficient (Wildman–Crippen LogP) is 3.62. The van der Waals surface area contributed by atoms with Gasteiger partial charge in [0, 0.05) is 17.1 Å². The lowest BCUT2D eigenvalue weighted by atomic mass is 9.98. The highest BCUT2D eigenvalue weighted by Gasteiger charge is 2.14. The van der Waals surface area contributed by atoms with Gasteiger partial charge in [-0.15, -0.1) is 0 Å². The lowest BCUT2D eigenvalue weighted by Crippen LogP contribution is -2.02. The Morgan fingerprint density at radius 3 is 2.30 bits per heavy atom. The van der Waals surface area contributed by atoms with Crippen molar-refractivity contribution >= 4 is 11.6 Å². The van der Waals surface area contributed by atoms with Crippen LogP contribution in [0.1, 0.15) is 5.56 Å². The molecule has 20 heavy (non-hydrogen) atoms. The van der Waals surface area contributed by atoms with E-state index in [-0.39, 0.29) is 12.4 Å². The molecule has 0 atom stereocenters. The highest BCUT2D eigenvalue weighted by Crippen LogP contribution is 2.38. The fraction of sp³-hybridized carbons (Fsp3) is 0.200. The Morgan fingerprint density at radius 2 is 1.70 bits per heavy atom. The number of nitrogens with two attached hydrogens (primary N) is 1. The van der Waals surface area contributed by atoms with Crippen molar-refractivity contribution in [3.8, 4) is 22.6 Å². The average molecular weight is 296 g/mol. The number of benzene rings is 2. The van der Waals surface area contributed by atoms with E-state index >= 15 is 0 Å². The van der Waals surface area contributed by atoms with Crippen LogP contribution in [0.4, 0.5) is 4.39 Å². The van der Waals surface area contributed by atoms with E-state index in [9.17, 15) is 4.39 Å². The molecule has 106 valence electrons. The van der Waals surface area contributed by atoms with Crippen molar-refractivity contribution in [2.45, 2.75) is 6.54 Å². The lowest BCUT2D eigenvalue weighted by Gasteiger charge is -2.15. The van der Waals surface area contributed by atoms with Crippen molar-refractivity contribution < 1.29 is 13.9 Å².